The minimum atomic E-state index is -1.49. The summed E-state index contributed by atoms with van der Waals surface area (Å²) in [5.74, 6) is 0. The van der Waals surface area contributed by atoms with Gasteiger partial charge in [0.15, 0.2) is 0 Å². The minimum absolute atomic E-state index is 0.0112. The molecule has 1 fully saturated rings. The van der Waals surface area contributed by atoms with E-state index in [9.17, 15) is 13.2 Å². The Morgan fingerprint density at radius 2 is 1.83 bits per heavy atom. The van der Waals surface area contributed by atoms with E-state index in [0.717, 1.165) is 0 Å². The third-order valence-corrected chi connectivity index (χ3v) is 1.90. The lowest BCUT2D eigenvalue weighted by molar-refractivity contribution is 0.0960. The summed E-state index contributed by atoms with van der Waals surface area (Å²) in [6.45, 7) is -0.946. The smallest absolute Gasteiger partial charge is 0.145 e. The fourth-order valence-corrected chi connectivity index (χ4v) is 1.29. The number of β-amino-alcohol motifs (C(OH)–C–C–N with tert-alkyl or cyclic N) is 1. The van der Waals surface area contributed by atoms with Gasteiger partial charge in [0.2, 0.25) is 0 Å². The molecule has 1 aliphatic heterocycles. The first-order valence-corrected chi connectivity index (χ1v) is 3.88. The van der Waals surface area contributed by atoms with Gasteiger partial charge in [-0.3, -0.25) is 4.90 Å². The van der Waals surface area contributed by atoms with Gasteiger partial charge in [0, 0.05) is 19.6 Å². The Balaban J connectivity index is 2.27. The lowest BCUT2D eigenvalue weighted by Crippen LogP contribution is -2.32. The maximum Gasteiger partial charge on any atom is 0.145 e. The molecule has 1 rings (SSSR count). The van der Waals surface area contributed by atoms with Gasteiger partial charge in [0.25, 0.3) is 0 Å². The van der Waals surface area contributed by atoms with Gasteiger partial charge in [0.1, 0.15) is 19.0 Å². The first-order chi connectivity index (χ1) is 5.63. The SMILES string of the molecule is OC(CF)CN1C[C@@H](F)[C@@H](F)C1. The molecule has 0 aromatic carbocycles. The van der Waals surface area contributed by atoms with Crippen LogP contribution >= 0.6 is 0 Å². The Kier molecular flexibility index (Phi) is 3.34. The summed E-state index contributed by atoms with van der Waals surface area (Å²) in [6.07, 6.45) is -4.10. The van der Waals surface area contributed by atoms with Crippen LogP contribution in [-0.2, 0) is 0 Å². The van der Waals surface area contributed by atoms with Crippen LogP contribution in [0.1, 0.15) is 0 Å². The fourth-order valence-electron chi connectivity index (χ4n) is 1.29. The topological polar surface area (TPSA) is 23.5 Å². The molecule has 0 spiro atoms. The third-order valence-electron chi connectivity index (χ3n) is 1.90. The quantitative estimate of drug-likeness (QED) is 0.680. The van der Waals surface area contributed by atoms with Crippen LogP contribution in [0.5, 0.6) is 0 Å². The van der Waals surface area contributed by atoms with Gasteiger partial charge in [-0.1, -0.05) is 0 Å². The number of nitrogens with zero attached hydrogens (tertiary/aromatic N) is 1. The zero-order valence-electron chi connectivity index (χ0n) is 6.59. The van der Waals surface area contributed by atoms with Crippen LogP contribution < -0.4 is 0 Å². The summed E-state index contributed by atoms with van der Waals surface area (Å²) in [4.78, 5) is 1.39. The molecule has 0 aromatic rings. The highest BCUT2D eigenvalue weighted by atomic mass is 19.2. The van der Waals surface area contributed by atoms with E-state index in [0.29, 0.717) is 0 Å². The van der Waals surface area contributed by atoms with Crippen LogP contribution in [0, 0.1) is 0 Å². The molecule has 3 atom stereocenters. The average Bonchev–Trinajstić information content (AvgIpc) is 2.31. The van der Waals surface area contributed by atoms with E-state index in [-0.39, 0.29) is 19.6 Å². The predicted octanol–water partition coefficient (Wildman–Crippen LogP) is 0.309. The zero-order chi connectivity index (χ0) is 9.14. The first-order valence-electron chi connectivity index (χ1n) is 3.88. The number of halogens is 3. The highest BCUT2D eigenvalue weighted by molar-refractivity contribution is 4.84. The van der Waals surface area contributed by atoms with E-state index in [1.165, 1.54) is 4.90 Å². The number of rotatable bonds is 3. The van der Waals surface area contributed by atoms with E-state index >= 15 is 0 Å². The highest BCUT2D eigenvalue weighted by Gasteiger charge is 2.33. The summed E-state index contributed by atoms with van der Waals surface area (Å²) in [5.41, 5.74) is 0. The number of hydrogen-bond acceptors (Lipinski definition) is 2. The van der Waals surface area contributed by atoms with Crippen molar-refractivity contribution >= 4 is 0 Å². The molecule has 0 saturated carbocycles. The number of aliphatic hydroxyl groups excluding tert-OH is 1. The second kappa shape index (κ2) is 4.09. The number of likely N-dealkylation sites (tertiary alicyclic amines) is 1. The van der Waals surface area contributed by atoms with Gasteiger partial charge in [-0.25, -0.2) is 13.2 Å². The van der Waals surface area contributed by atoms with Crippen molar-refractivity contribution in [1.82, 2.24) is 4.90 Å². The highest BCUT2D eigenvalue weighted by Crippen LogP contribution is 2.16. The molecule has 1 unspecified atom stereocenters. The second-order valence-electron chi connectivity index (χ2n) is 3.06. The molecule has 0 amide bonds. The van der Waals surface area contributed by atoms with Crippen molar-refractivity contribution in [2.45, 2.75) is 18.4 Å². The number of hydrogen-bond donors (Lipinski definition) is 1. The van der Waals surface area contributed by atoms with Crippen molar-refractivity contribution in [2.75, 3.05) is 26.3 Å². The molecule has 1 heterocycles. The lowest BCUT2D eigenvalue weighted by atomic mass is 10.3. The molecule has 0 radical (unpaired) electrons. The Bertz CT molecular complexity index is 137. The summed E-state index contributed by atoms with van der Waals surface area (Å²) < 4.78 is 36.8. The predicted molar refractivity (Wildman–Crippen MR) is 38.2 cm³/mol. The Morgan fingerprint density at radius 1 is 1.33 bits per heavy atom. The fraction of sp³-hybridized carbons (Fsp3) is 1.00. The van der Waals surface area contributed by atoms with Crippen molar-refractivity contribution < 1.29 is 18.3 Å². The van der Waals surface area contributed by atoms with E-state index in [1.807, 2.05) is 0 Å². The van der Waals surface area contributed by atoms with Gasteiger partial charge < -0.3 is 5.11 Å². The third kappa shape index (κ3) is 2.35. The number of alkyl halides is 3. The Morgan fingerprint density at radius 3 is 2.25 bits per heavy atom. The maximum absolute atomic E-state index is 12.5. The standard InChI is InChI=1S/C7H12F3NO/c8-1-5(12)2-11-3-6(9)7(10)4-11/h5-7,12H,1-4H2/t5?,6-,7+. The van der Waals surface area contributed by atoms with Crippen molar-refractivity contribution in [1.29, 1.82) is 0 Å². The second-order valence-corrected chi connectivity index (χ2v) is 3.06. The molecule has 12 heavy (non-hydrogen) atoms. The molecule has 1 N–H and O–H groups in total. The largest absolute Gasteiger partial charge is 0.389 e. The van der Waals surface area contributed by atoms with E-state index in [2.05, 4.69) is 0 Å². The zero-order valence-corrected chi connectivity index (χ0v) is 6.59. The summed E-state index contributed by atoms with van der Waals surface area (Å²) >= 11 is 0. The maximum atomic E-state index is 12.5. The summed E-state index contributed by atoms with van der Waals surface area (Å²) in [5, 5.41) is 8.83. The van der Waals surface area contributed by atoms with Crippen LogP contribution in [0.3, 0.4) is 0 Å². The van der Waals surface area contributed by atoms with Gasteiger partial charge in [0.05, 0.1) is 6.10 Å². The molecular weight excluding hydrogens is 171 g/mol. The Labute approximate surface area is 69.0 Å². The van der Waals surface area contributed by atoms with Gasteiger partial charge in [-0.2, -0.15) is 0 Å². The van der Waals surface area contributed by atoms with Crippen LogP contribution in [0.2, 0.25) is 0 Å². The van der Waals surface area contributed by atoms with Gasteiger partial charge in [-0.05, 0) is 0 Å². The van der Waals surface area contributed by atoms with Crippen LogP contribution in [0.4, 0.5) is 13.2 Å². The van der Waals surface area contributed by atoms with Gasteiger partial charge in [-0.15, -0.1) is 0 Å². The van der Waals surface area contributed by atoms with Crippen LogP contribution in [0.25, 0.3) is 0 Å². The van der Waals surface area contributed by atoms with Gasteiger partial charge >= 0.3 is 0 Å². The molecule has 0 aliphatic carbocycles. The molecule has 2 nitrogen and oxygen atoms in total. The van der Waals surface area contributed by atoms with Crippen molar-refractivity contribution in [3.05, 3.63) is 0 Å². The minimum Gasteiger partial charge on any atom is -0.389 e. The van der Waals surface area contributed by atoms with Crippen LogP contribution in [0.15, 0.2) is 0 Å². The summed E-state index contributed by atoms with van der Waals surface area (Å²) in [6, 6.07) is 0. The van der Waals surface area contributed by atoms with Crippen molar-refractivity contribution in [3.8, 4) is 0 Å². The molecular formula is C7H12F3NO. The molecule has 0 bridgehead atoms. The van der Waals surface area contributed by atoms with E-state index in [1.54, 1.807) is 0 Å². The lowest BCUT2D eigenvalue weighted by Gasteiger charge is -2.16. The molecule has 5 heteroatoms. The van der Waals surface area contributed by atoms with Crippen molar-refractivity contribution in [2.24, 2.45) is 0 Å². The molecule has 0 aromatic heterocycles. The molecule has 1 aliphatic rings. The Hall–Kier alpha value is -0.290. The first kappa shape index (κ1) is 9.80. The summed E-state index contributed by atoms with van der Waals surface area (Å²) in [7, 11) is 0. The van der Waals surface area contributed by atoms with Crippen molar-refractivity contribution in [3.63, 3.8) is 0 Å². The average molecular weight is 183 g/mol. The normalized spacial score (nSPS) is 34.0. The monoisotopic (exact) mass is 183 g/mol. The number of aliphatic hydroxyl groups is 1. The molecule has 1 saturated heterocycles. The van der Waals surface area contributed by atoms with E-state index in [4.69, 9.17) is 5.11 Å². The van der Waals surface area contributed by atoms with E-state index < -0.39 is 25.1 Å². The molecule has 72 valence electrons. The van der Waals surface area contributed by atoms with Crippen LogP contribution in [-0.4, -0.2) is 54.8 Å².